The lowest BCUT2D eigenvalue weighted by molar-refractivity contribution is -0.385. The number of anilines is 2. The van der Waals surface area contributed by atoms with Crippen molar-refractivity contribution in [2.24, 2.45) is 5.92 Å². The number of carbonyl (C=O) groups excluding carboxylic acids is 4. The van der Waals surface area contributed by atoms with Gasteiger partial charge in [0.25, 0.3) is 17.5 Å². The maximum absolute atomic E-state index is 13.0. The molecule has 192 valence electrons. The number of amides is 3. The van der Waals surface area contributed by atoms with Gasteiger partial charge < -0.3 is 14.4 Å². The Morgan fingerprint density at radius 2 is 1.71 bits per heavy atom. The van der Waals surface area contributed by atoms with E-state index in [-0.39, 0.29) is 41.4 Å². The van der Waals surface area contributed by atoms with Gasteiger partial charge in [-0.3, -0.25) is 29.3 Å². The van der Waals surface area contributed by atoms with Crippen molar-refractivity contribution in [1.82, 2.24) is 0 Å². The molecule has 11 nitrogen and oxygen atoms in total. The molecule has 2 aliphatic heterocycles. The number of esters is 1. The van der Waals surface area contributed by atoms with E-state index in [2.05, 4.69) is 0 Å². The molecule has 5 rings (SSSR count). The number of methoxy groups -OCH3 is 1. The van der Waals surface area contributed by atoms with E-state index in [0.717, 1.165) is 4.90 Å². The van der Waals surface area contributed by atoms with E-state index in [1.807, 2.05) is 0 Å². The van der Waals surface area contributed by atoms with Crippen LogP contribution in [-0.4, -0.2) is 42.3 Å². The van der Waals surface area contributed by atoms with Gasteiger partial charge in [0, 0.05) is 24.7 Å². The van der Waals surface area contributed by atoms with Gasteiger partial charge in [0.05, 0.1) is 29.2 Å². The standard InChI is InChI=1S/C27H21N3O8/c1-15-12-19(38-27(34)16-13-23(31)28(14-16)17-6-8-18(37-2)9-7-17)10-11-21(15)29-25(32)20-4-3-5-22(30(35)36)24(20)26(29)33/h3-12,16H,13-14H2,1-2H3/t16-/m0/s1. The first-order chi connectivity index (χ1) is 18.2. The number of ether oxygens (including phenoxy) is 2. The topological polar surface area (TPSA) is 136 Å². The van der Waals surface area contributed by atoms with E-state index < -0.39 is 34.3 Å². The summed E-state index contributed by atoms with van der Waals surface area (Å²) in [5, 5.41) is 11.4. The Labute approximate surface area is 216 Å². The fourth-order valence-corrected chi connectivity index (χ4v) is 4.66. The minimum atomic E-state index is -0.798. The Bertz CT molecular complexity index is 1520. The maximum Gasteiger partial charge on any atom is 0.316 e. The predicted molar refractivity (Wildman–Crippen MR) is 135 cm³/mol. The smallest absolute Gasteiger partial charge is 0.316 e. The summed E-state index contributed by atoms with van der Waals surface area (Å²) in [6.45, 7) is 1.78. The second-order valence-corrected chi connectivity index (χ2v) is 8.88. The molecule has 1 fully saturated rings. The number of imide groups is 1. The minimum absolute atomic E-state index is 0.00422. The van der Waals surface area contributed by atoms with Gasteiger partial charge in [-0.25, -0.2) is 4.90 Å². The second-order valence-electron chi connectivity index (χ2n) is 8.88. The van der Waals surface area contributed by atoms with Crippen LogP contribution in [0.5, 0.6) is 11.5 Å². The molecule has 2 heterocycles. The van der Waals surface area contributed by atoms with E-state index in [1.165, 1.54) is 41.3 Å². The average Bonchev–Trinajstić information content (AvgIpc) is 3.41. The first-order valence-corrected chi connectivity index (χ1v) is 11.6. The van der Waals surface area contributed by atoms with Crippen LogP contribution >= 0.6 is 0 Å². The molecule has 3 amide bonds. The summed E-state index contributed by atoms with van der Waals surface area (Å²) in [6, 6.07) is 15.2. The number of carbonyl (C=O) groups is 4. The summed E-state index contributed by atoms with van der Waals surface area (Å²) < 4.78 is 10.6. The molecule has 0 N–H and O–H groups in total. The van der Waals surface area contributed by atoms with Gasteiger partial charge in [0.15, 0.2) is 0 Å². The Morgan fingerprint density at radius 3 is 2.37 bits per heavy atom. The number of benzene rings is 3. The molecule has 3 aromatic carbocycles. The van der Waals surface area contributed by atoms with Crippen LogP contribution in [0.4, 0.5) is 17.1 Å². The van der Waals surface area contributed by atoms with E-state index in [1.54, 1.807) is 38.3 Å². The number of nitro groups is 1. The zero-order chi connectivity index (χ0) is 27.1. The summed E-state index contributed by atoms with van der Waals surface area (Å²) in [7, 11) is 1.54. The van der Waals surface area contributed by atoms with E-state index >= 15 is 0 Å². The lowest BCUT2D eigenvalue weighted by Crippen LogP contribution is -2.30. The van der Waals surface area contributed by atoms with Gasteiger partial charge in [-0.2, -0.15) is 0 Å². The third-order valence-electron chi connectivity index (χ3n) is 6.56. The van der Waals surface area contributed by atoms with Crippen LogP contribution in [0.2, 0.25) is 0 Å². The first kappa shape index (κ1) is 24.6. The SMILES string of the molecule is COc1ccc(N2C[C@@H](C(=O)Oc3ccc(N4C(=O)c5cccc([N+](=O)[O-])c5C4=O)c(C)c3)CC2=O)cc1. The highest BCUT2D eigenvalue weighted by Gasteiger charge is 2.42. The van der Waals surface area contributed by atoms with Crippen LogP contribution in [0.15, 0.2) is 60.7 Å². The van der Waals surface area contributed by atoms with Crippen molar-refractivity contribution in [2.45, 2.75) is 13.3 Å². The van der Waals surface area contributed by atoms with Gasteiger partial charge in [0.1, 0.15) is 17.1 Å². The van der Waals surface area contributed by atoms with Crippen molar-refractivity contribution in [3.05, 3.63) is 87.5 Å². The largest absolute Gasteiger partial charge is 0.497 e. The van der Waals surface area contributed by atoms with Gasteiger partial charge in [0.2, 0.25) is 5.91 Å². The first-order valence-electron chi connectivity index (χ1n) is 11.6. The molecule has 0 saturated carbocycles. The van der Waals surface area contributed by atoms with E-state index in [4.69, 9.17) is 9.47 Å². The highest BCUT2D eigenvalue weighted by Crippen LogP contribution is 2.36. The molecule has 0 spiro atoms. The van der Waals surface area contributed by atoms with Crippen LogP contribution in [-0.2, 0) is 9.59 Å². The Morgan fingerprint density at radius 1 is 1.00 bits per heavy atom. The number of aryl methyl sites for hydroxylation is 1. The average molecular weight is 515 g/mol. The lowest BCUT2D eigenvalue weighted by atomic mass is 10.1. The molecule has 0 aliphatic carbocycles. The minimum Gasteiger partial charge on any atom is -0.497 e. The van der Waals surface area contributed by atoms with Crippen LogP contribution in [0.3, 0.4) is 0 Å². The van der Waals surface area contributed by atoms with E-state index in [0.29, 0.717) is 17.0 Å². The van der Waals surface area contributed by atoms with Crippen molar-refractivity contribution in [2.75, 3.05) is 23.5 Å². The number of hydrogen-bond donors (Lipinski definition) is 0. The van der Waals surface area contributed by atoms with E-state index in [9.17, 15) is 29.3 Å². The highest BCUT2D eigenvalue weighted by molar-refractivity contribution is 6.35. The third kappa shape index (κ3) is 4.13. The van der Waals surface area contributed by atoms with Crippen LogP contribution in [0.25, 0.3) is 0 Å². The van der Waals surface area contributed by atoms with Gasteiger partial charge in [-0.1, -0.05) is 6.07 Å². The fourth-order valence-electron chi connectivity index (χ4n) is 4.66. The highest BCUT2D eigenvalue weighted by atomic mass is 16.6. The summed E-state index contributed by atoms with van der Waals surface area (Å²) in [5.41, 5.74) is 0.548. The Kier molecular flexibility index (Phi) is 6.11. The molecule has 0 radical (unpaired) electrons. The summed E-state index contributed by atoms with van der Waals surface area (Å²) >= 11 is 0. The van der Waals surface area contributed by atoms with Crippen molar-refractivity contribution in [1.29, 1.82) is 0 Å². The Hall–Kier alpha value is -5.06. The van der Waals surface area contributed by atoms with Crippen LogP contribution < -0.4 is 19.3 Å². The monoisotopic (exact) mass is 515 g/mol. The van der Waals surface area contributed by atoms with Crippen molar-refractivity contribution in [3.63, 3.8) is 0 Å². The van der Waals surface area contributed by atoms with Crippen molar-refractivity contribution < 1.29 is 33.6 Å². The second kappa shape index (κ2) is 9.43. The van der Waals surface area contributed by atoms with Gasteiger partial charge >= 0.3 is 5.97 Å². The number of rotatable bonds is 6. The van der Waals surface area contributed by atoms with Crippen molar-refractivity contribution >= 4 is 40.8 Å². The number of hydrogen-bond acceptors (Lipinski definition) is 8. The number of nitro benzene ring substituents is 1. The van der Waals surface area contributed by atoms with Crippen LogP contribution in [0, 0.1) is 23.0 Å². The molecule has 38 heavy (non-hydrogen) atoms. The maximum atomic E-state index is 13.0. The lowest BCUT2D eigenvalue weighted by Gasteiger charge is -2.18. The molecular formula is C27H21N3O8. The molecule has 0 unspecified atom stereocenters. The third-order valence-corrected chi connectivity index (χ3v) is 6.56. The summed E-state index contributed by atoms with van der Waals surface area (Å²) in [5.74, 6) is -2.12. The molecule has 3 aromatic rings. The molecule has 1 saturated heterocycles. The molecule has 11 heteroatoms. The Balaban J connectivity index is 1.31. The quantitative estimate of drug-likeness (QED) is 0.159. The van der Waals surface area contributed by atoms with Gasteiger partial charge in [-0.15, -0.1) is 0 Å². The molecule has 0 aromatic heterocycles. The summed E-state index contributed by atoms with van der Waals surface area (Å²) in [4.78, 5) is 64.4. The zero-order valence-corrected chi connectivity index (χ0v) is 20.4. The van der Waals surface area contributed by atoms with Crippen LogP contribution in [0.1, 0.15) is 32.7 Å². The zero-order valence-electron chi connectivity index (χ0n) is 20.4. The normalized spacial score (nSPS) is 16.6. The molecular weight excluding hydrogens is 494 g/mol. The van der Waals surface area contributed by atoms with Gasteiger partial charge in [-0.05, 0) is 61.0 Å². The predicted octanol–water partition coefficient (Wildman–Crippen LogP) is 3.67. The van der Waals surface area contributed by atoms with Crippen molar-refractivity contribution in [3.8, 4) is 11.5 Å². The molecule has 2 aliphatic rings. The summed E-state index contributed by atoms with van der Waals surface area (Å²) in [6.07, 6.45) is -0.00422. The molecule has 1 atom stereocenters. The molecule has 0 bridgehead atoms. The fraction of sp³-hybridized carbons (Fsp3) is 0.185. The number of fused-ring (bicyclic) bond motifs is 1. The number of nitrogens with zero attached hydrogens (tertiary/aromatic N) is 3.